The third kappa shape index (κ3) is 3.23. The van der Waals surface area contributed by atoms with E-state index in [1.54, 1.807) is 13.8 Å². The largest absolute Gasteiger partial charge is 0.433 e. The molecule has 0 atom stereocenters. The summed E-state index contributed by atoms with van der Waals surface area (Å²) < 4.78 is 64.1. The number of nitrogens with zero attached hydrogens (tertiary/aromatic N) is 2. The first-order valence-corrected chi connectivity index (χ1v) is 8.05. The van der Waals surface area contributed by atoms with Gasteiger partial charge in [0.15, 0.2) is 20.0 Å². The predicted octanol–water partition coefficient (Wildman–Crippen LogP) is 2.16. The van der Waals surface area contributed by atoms with E-state index in [-0.39, 0.29) is 5.03 Å². The van der Waals surface area contributed by atoms with Crippen molar-refractivity contribution in [3.05, 3.63) is 27.5 Å². The Bertz CT molecular complexity index is 738. The number of hydroxylamine groups is 1. The topological polar surface area (TPSA) is 73.2 Å². The number of aromatic nitrogens is 2. The lowest BCUT2D eigenvalue weighted by atomic mass is 10.1. The van der Waals surface area contributed by atoms with Crippen molar-refractivity contribution in [2.45, 2.75) is 31.4 Å². The average molecular weight is 360 g/mol. The zero-order chi connectivity index (χ0) is 16.9. The van der Waals surface area contributed by atoms with Crippen molar-refractivity contribution in [2.24, 2.45) is 7.05 Å². The molecule has 0 fully saturated rings. The fourth-order valence-corrected chi connectivity index (χ4v) is 3.78. The molecule has 1 aliphatic heterocycles. The normalized spacial score (nSPS) is 18.2. The molecule has 22 heavy (non-hydrogen) atoms. The summed E-state index contributed by atoms with van der Waals surface area (Å²) in [6.07, 6.45) is -3.49. The van der Waals surface area contributed by atoms with Crippen LogP contribution in [0.1, 0.15) is 25.1 Å². The van der Waals surface area contributed by atoms with E-state index in [9.17, 15) is 21.6 Å². The number of hydrogen-bond donors (Lipinski definition) is 1. The molecule has 1 aromatic heterocycles. The van der Waals surface area contributed by atoms with Crippen LogP contribution in [0.3, 0.4) is 0 Å². The van der Waals surface area contributed by atoms with Crippen LogP contribution >= 0.6 is 11.6 Å². The first-order valence-electron chi connectivity index (χ1n) is 6.02. The van der Waals surface area contributed by atoms with E-state index in [4.69, 9.17) is 16.4 Å². The molecule has 6 nitrogen and oxygen atoms in total. The van der Waals surface area contributed by atoms with Gasteiger partial charge in [-0.05, 0) is 19.9 Å². The SMILES string of the molecule is Cn1nc(Cl)c(CS(=O)(=O)C2=CC(C)(C)ON2)c1C(F)(F)F. The molecule has 0 aliphatic carbocycles. The molecule has 0 aromatic carbocycles. The maximum Gasteiger partial charge on any atom is 0.433 e. The minimum atomic E-state index is -4.77. The van der Waals surface area contributed by atoms with Crippen molar-refractivity contribution < 1.29 is 26.4 Å². The third-order valence-corrected chi connectivity index (χ3v) is 4.77. The Labute approximate surface area is 129 Å². The first-order chi connectivity index (χ1) is 9.83. The second-order valence-electron chi connectivity index (χ2n) is 5.31. The molecule has 0 bridgehead atoms. The van der Waals surface area contributed by atoms with Crippen LogP contribution < -0.4 is 5.48 Å². The van der Waals surface area contributed by atoms with E-state index in [1.807, 2.05) is 0 Å². The quantitative estimate of drug-likeness (QED) is 0.895. The number of halogens is 4. The van der Waals surface area contributed by atoms with Gasteiger partial charge in [-0.2, -0.15) is 18.3 Å². The van der Waals surface area contributed by atoms with Crippen LogP contribution in [-0.4, -0.2) is 23.8 Å². The summed E-state index contributed by atoms with van der Waals surface area (Å²) in [4.78, 5) is 5.01. The molecular formula is C11H13ClF3N3O3S. The van der Waals surface area contributed by atoms with Crippen LogP contribution in [0.15, 0.2) is 11.1 Å². The molecule has 124 valence electrons. The summed E-state index contributed by atoms with van der Waals surface area (Å²) in [5, 5.41) is 2.64. The highest BCUT2D eigenvalue weighted by Gasteiger charge is 2.41. The molecule has 0 unspecified atom stereocenters. The molecular weight excluding hydrogens is 347 g/mol. The van der Waals surface area contributed by atoms with Crippen molar-refractivity contribution in [1.82, 2.24) is 15.3 Å². The maximum atomic E-state index is 13.0. The lowest BCUT2D eigenvalue weighted by Crippen LogP contribution is -2.23. The van der Waals surface area contributed by atoms with Crippen molar-refractivity contribution in [3.8, 4) is 0 Å². The summed E-state index contributed by atoms with van der Waals surface area (Å²) in [6, 6.07) is 0. The van der Waals surface area contributed by atoms with Gasteiger partial charge in [-0.15, -0.1) is 0 Å². The number of aryl methyl sites for hydroxylation is 1. The molecule has 2 rings (SSSR count). The van der Waals surface area contributed by atoms with Crippen LogP contribution in [0, 0.1) is 0 Å². The fraction of sp³-hybridized carbons (Fsp3) is 0.545. The second kappa shape index (κ2) is 5.14. The smallest absolute Gasteiger partial charge is 0.265 e. The number of rotatable bonds is 3. The lowest BCUT2D eigenvalue weighted by molar-refractivity contribution is -0.144. The minimum absolute atomic E-state index is 0.300. The van der Waals surface area contributed by atoms with Gasteiger partial charge in [0.1, 0.15) is 11.3 Å². The van der Waals surface area contributed by atoms with Crippen LogP contribution in [0.4, 0.5) is 13.2 Å². The van der Waals surface area contributed by atoms with Gasteiger partial charge >= 0.3 is 6.18 Å². The highest BCUT2D eigenvalue weighted by molar-refractivity contribution is 7.94. The number of alkyl halides is 3. The molecule has 0 spiro atoms. The zero-order valence-electron chi connectivity index (χ0n) is 11.8. The number of nitrogens with one attached hydrogen (secondary N) is 1. The average Bonchev–Trinajstić information content (AvgIpc) is 2.79. The van der Waals surface area contributed by atoms with E-state index >= 15 is 0 Å². The van der Waals surface area contributed by atoms with E-state index < -0.39 is 43.8 Å². The molecule has 11 heteroatoms. The molecule has 0 radical (unpaired) electrons. The van der Waals surface area contributed by atoms with Crippen LogP contribution in [-0.2, 0) is 33.7 Å². The summed E-state index contributed by atoms with van der Waals surface area (Å²) in [5.41, 5.74) is -0.456. The van der Waals surface area contributed by atoms with E-state index in [0.717, 1.165) is 7.05 Å². The monoisotopic (exact) mass is 359 g/mol. The summed E-state index contributed by atoms with van der Waals surface area (Å²) >= 11 is 5.66. The Kier molecular flexibility index (Phi) is 3.99. The first kappa shape index (κ1) is 17.1. The van der Waals surface area contributed by atoms with Gasteiger partial charge in [0.2, 0.25) is 0 Å². The van der Waals surface area contributed by atoms with E-state index in [2.05, 4.69) is 10.6 Å². The minimum Gasteiger partial charge on any atom is -0.265 e. The van der Waals surface area contributed by atoms with Gasteiger partial charge in [0.25, 0.3) is 0 Å². The molecule has 1 aliphatic rings. The van der Waals surface area contributed by atoms with Crippen molar-refractivity contribution in [3.63, 3.8) is 0 Å². The molecule has 0 saturated heterocycles. The Hall–Kier alpha value is -1.26. The van der Waals surface area contributed by atoms with Gasteiger partial charge in [0.05, 0.1) is 5.75 Å². The highest BCUT2D eigenvalue weighted by atomic mass is 35.5. The van der Waals surface area contributed by atoms with Gasteiger partial charge in [0, 0.05) is 12.6 Å². The fourth-order valence-electron chi connectivity index (χ4n) is 2.00. The van der Waals surface area contributed by atoms with Gasteiger partial charge in [-0.25, -0.2) is 8.42 Å². The molecule has 0 saturated carbocycles. The lowest BCUT2D eigenvalue weighted by Gasteiger charge is -2.11. The van der Waals surface area contributed by atoms with Crippen molar-refractivity contribution >= 4 is 21.4 Å². The van der Waals surface area contributed by atoms with Gasteiger partial charge in [-0.3, -0.25) is 15.0 Å². The summed E-state index contributed by atoms with van der Waals surface area (Å²) in [5.74, 6) is -0.938. The number of sulfone groups is 1. The summed E-state index contributed by atoms with van der Waals surface area (Å²) in [6.45, 7) is 3.20. The van der Waals surface area contributed by atoms with Gasteiger partial charge < -0.3 is 0 Å². The van der Waals surface area contributed by atoms with Crippen LogP contribution in [0.5, 0.6) is 0 Å². The van der Waals surface area contributed by atoms with Crippen LogP contribution in [0.25, 0.3) is 0 Å². The Morgan fingerprint density at radius 3 is 2.50 bits per heavy atom. The predicted molar refractivity (Wildman–Crippen MR) is 72.2 cm³/mol. The standard InChI is InChI=1S/C11H13ClF3N3O3S/c1-10(2)4-7(17-21-10)22(19,20)5-6-8(11(13,14)15)18(3)16-9(6)12/h4,17H,5H2,1-3H3. The second-order valence-corrected chi connectivity index (χ2v) is 7.63. The van der Waals surface area contributed by atoms with Crippen molar-refractivity contribution in [1.29, 1.82) is 0 Å². The number of hydrogen-bond acceptors (Lipinski definition) is 5. The van der Waals surface area contributed by atoms with E-state index in [1.165, 1.54) is 6.08 Å². The molecule has 0 amide bonds. The molecule has 1 N–H and O–H groups in total. The maximum absolute atomic E-state index is 13.0. The third-order valence-electron chi connectivity index (χ3n) is 2.93. The Balaban J connectivity index is 2.44. The van der Waals surface area contributed by atoms with Crippen molar-refractivity contribution in [2.75, 3.05) is 0 Å². The zero-order valence-corrected chi connectivity index (χ0v) is 13.4. The Morgan fingerprint density at radius 1 is 1.45 bits per heavy atom. The van der Waals surface area contributed by atoms with Crippen LogP contribution in [0.2, 0.25) is 5.15 Å². The molecule has 2 heterocycles. The molecule has 1 aromatic rings. The van der Waals surface area contributed by atoms with Gasteiger partial charge in [-0.1, -0.05) is 11.6 Å². The van der Waals surface area contributed by atoms with E-state index in [0.29, 0.717) is 4.68 Å². The Morgan fingerprint density at radius 2 is 2.05 bits per heavy atom. The highest BCUT2D eigenvalue weighted by Crippen LogP contribution is 2.36. The summed E-state index contributed by atoms with van der Waals surface area (Å²) in [7, 11) is -3.04.